The van der Waals surface area contributed by atoms with Crippen LogP contribution in [0.2, 0.25) is 0 Å². The predicted octanol–water partition coefficient (Wildman–Crippen LogP) is 1.99. The Morgan fingerprint density at radius 3 is 2.73 bits per heavy atom. The lowest BCUT2D eigenvalue weighted by molar-refractivity contribution is 0.464. The average molecular weight is 210 g/mol. The Hall–Kier alpha value is -0.900. The molecule has 1 aromatic rings. The van der Waals surface area contributed by atoms with Crippen molar-refractivity contribution in [1.82, 2.24) is 20.3 Å². The molecular formula is C11H22N4. The van der Waals surface area contributed by atoms with Crippen molar-refractivity contribution in [2.45, 2.75) is 46.7 Å². The van der Waals surface area contributed by atoms with E-state index in [-0.39, 0.29) is 0 Å². The Kier molecular flexibility index (Phi) is 4.75. The third-order valence-electron chi connectivity index (χ3n) is 2.46. The highest BCUT2D eigenvalue weighted by atomic mass is 15.4. The summed E-state index contributed by atoms with van der Waals surface area (Å²) >= 11 is 0. The second-order valence-corrected chi connectivity index (χ2v) is 4.47. The van der Waals surface area contributed by atoms with Gasteiger partial charge in [-0.15, -0.1) is 5.10 Å². The number of hydrogen-bond donors (Lipinski definition) is 1. The van der Waals surface area contributed by atoms with Gasteiger partial charge >= 0.3 is 0 Å². The number of nitrogens with one attached hydrogen (secondary N) is 1. The first kappa shape index (κ1) is 12.2. The molecule has 0 aliphatic carbocycles. The molecule has 0 aromatic carbocycles. The molecule has 0 bridgehead atoms. The molecule has 0 fully saturated rings. The summed E-state index contributed by atoms with van der Waals surface area (Å²) in [5, 5.41) is 11.6. The smallest absolute Gasteiger partial charge is 0.0964 e. The van der Waals surface area contributed by atoms with Crippen LogP contribution in [0.3, 0.4) is 0 Å². The Morgan fingerprint density at radius 2 is 2.13 bits per heavy atom. The third-order valence-corrected chi connectivity index (χ3v) is 2.46. The van der Waals surface area contributed by atoms with Crippen LogP contribution >= 0.6 is 0 Å². The van der Waals surface area contributed by atoms with Crippen molar-refractivity contribution in [3.05, 3.63) is 11.9 Å². The highest BCUT2D eigenvalue weighted by Crippen LogP contribution is 2.07. The van der Waals surface area contributed by atoms with Gasteiger partial charge in [0.15, 0.2) is 0 Å². The van der Waals surface area contributed by atoms with Gasteiger partial charge < -0.3 is 5.32 Å². The van der Waals surface area contributed by atoms with Crippen molar-refractivity contribution in [3.63, 3.8) is 0 Å². The second kappa shape index (κ2) is 5.85. The third kappa shape index (κ3) is 4.00. The van der Waals surface area contributed by atoms with E-state index in [1.165, 1.54) is 0 Å². The molecule has 0 aliphatic heterocycles. The van der Waals surface area contributed by atoms with Crippen LogP contribution in [0.15, 0.2) is 6.20 Å². The van der Waals surface area contributed by atoms with Gasteiger partial charge in [0.25, 0.3) is 0 Å². The standard InChI is InChI=1S/C11H22N4/c1-5-10(4)15-8-11(13-14-15)7-12-6-9(2)3/h8-10,12H,5-7H2,1-4H3. The van der Waals surface area contributed by atoms with Crippen molar-refractivity contribution in [2.24, 2.45) is 5.92 Å². The normalized spacial score (nSPS) is 13.4. The van der Waals surface area contributed by atoms with E-state index >= 15 is 0 Å². The molecular weight excluding hydrogens is 188 g/mol. The Labute approximate surface area is 92.1 Å². The van der Waals surface area contributed by atoms with Gasteiger partial charge in [-0.1, -0.05) is 26.0 Å². The first-order valence-corrected chi connectivity index (χ1v) is 5.74. The lowest BCUT2D eigenvalue weighted by atomic mass is 10.2. The fraction of sp³-hybridized carbons (Fsp3) is 0.818. The summed E-state index contributed by atoms with van der Waals surface area (Å²) in [7, 11) is 0. The Morgan fingerprint density at radius 1 is 1.40 bits per heavy atom. The van der Waals surface area contributed by atoms with Crippen LogP contribution in [-0.4, -0.2) is 21.5 Å². The molecule has 86 valence electrons. The largest absolute Gasteiger partial charge is 0.311 e. The number of hydrogen-bond acceptors (Lipinski definition) is 3. The molecule has 4 nitrogen and oxygen atoms in total. The van der Waals surface area contributed by atoms with Crippen LogP contribution in [-0.2, 0) is 6.54 Å². The fourth-order valence-corrected chi connectivity index (χ4v) is 1.29. The molecule has 0 aliphatic rings. The quantitative estimate of drug-likeness (QED) is 0.781. The van der Waals surface area contributed by atoms with Gasteiger partial charge in [0.05, 0.1) is 17.9 Å². The van der Waals surface area contributed by atoms with E-state index in [1.807, 2.05) is 10.9 Å². The minimum Gasteiger partial charge on any atom is -0.311 e. The van der Waals surface area contributed by atoms with Gasteiger partial charge in [0.1, 0.15) is 0 Å². The lowest BCUT2D eigenvalue weighted by Crippen LogP contribution is -2.19. The van der Waals surface area contributed by atoms with Crippen LogP contribution in [0.4, 0.5) is 0 Å². The van der Waals surface area contributed by atoms with E-state index in [9.17, 15) is 0 Å². The molecule has 0 radical (unpaired) electrons. The topological polar surface area (TPSA) is 42.7 Å². The first-order valence-electron chi connectivity index (χ1n) is 5.74. The van der Waals surface area contributed by atoms with E-state index < -0.39 is 0 Å². The molecule has 0 saturated heterocycles. The molecule has 1 rings (SSSR count). The summed E-state index contributed by atoms with van der Waals surface area (Å²) < 4.78 is 1.94. The molecule has 0 spiro atoms. The van der Waals surface area contributed by atoms with E-state index in [0.29, 0.717) is 12.0 Å². The van der Waals surface area contributed by atoms with Gasteiger partial charge in [-0.25, -0.2) is 4.68 Å². The van der Waals surface area contributed by atoms with Gasteiger partial charge in [0.2, 0.25) is 0 Å². The van der Waals surface area contributed by atoms with Gasteiger partial charge in [-0.05, 0) is 25.8 Å². The second-order valence-electron chi connectivity index (χ2n) is 4.47. The summed E-state index contributed by atoms with van der Waals surface area (Å²) in [5.74, 6) is 0.676. The molecule has 15 heavy (non-hydrogen) atoms. The Bertz CT molecular complexity index is 280. The monoisotopic (exact) mass is 210 g/mol. The van der Waals surface area contributed by atoms with Crippen molar-refractivity contribution < 1.29 is 0 Å². The van der Waals surface area contributed by atoms with E-state index in [2.05, 4.69) is 43.3 Å². The zero-order valence-corrected chi connectivity index (χ0v) is 10.2. The minimum atomic E-state index is 0.441. The van der Waals surface area contributed by atoms with Crippen molar-refractivity contribution in [2.75, 3.05) is 6.54 Å². The summed E-state index contributed by atoms with van der Waals surface area (Å²) in [5.41, 5.74) is 1.02. The Balaban J connectivity index is 2.39. The highest BCUT2D eigenvalue weighted by Gasteiger charge is 2.05. The molecule has 1 heterocycles. The molecule has 4 heteroatoms. The summed E-state index contributed by atoms with van der Waals surface area (Å²) in [6, 6.07) is 0.441. The number of nitrogens with zero attached hydrogens (tertiary/aromatic N) is 3. The maximum atomic E-state index is 4.13. The van der Waals surface area contributed by atoms with Gasteiger partial charge in [-0.2, -0.15) is 0 Å². The number of aromatic nitrogens is 3. The maximum absolute atomic E-state index is 4.13. The highest BCUT2D eigenvalue weighted by molar-refractivity contribution is 4.92. The summed E-state index contributed by atoms with van der Waals surface area (Å²) in [6.45, 7) is 10.5. The van der Waals surface area contributed by atoms with Gasteiger partial charge in [0, 0.05) is 6.54 Å². The molecule has 0 amide bonds. The fourth-order valence-electron chi connectivity index (χ4n) is 1.29. The first-order chi connectivity index (χ1) is 7.13. The molecule has 0 saturated carbocycles. The van der Waals surface area contributed by atoms with Crippen LogP contribution in [0, 0.1) is 5.92 Å². The SMILES string of the molecule is CCC(C)n1cc(CNCC(C)C)nn1. The van der Waals surface area contributed by atoms with Crippen LogP contribution in [0.1, 0.15) is 45.9 Å². The zero-order valence-electron chi connectivity index (χ0n) is 10.2. The van der Waals surface area contributed by atoms with Crippen molar-refractivity contribution in [1.29, 1.82) is 0 Å². The average Bonchev–Trinajstić information content (AvgIpc) is 2.65. The molecule has 1 atom stereocenters. The van der Waals surface area contributed by atoms with Gasteiger partial charge in [-0.3, -0.25) is 0 Å². The van der Waals surface area contributed by atoms with E-state index in [1.54, 1.807) is 0 Å². The lowest BCUT2D eigenvalue weighted by Gasteiger charge is -2.06. The summed E-state index contributed by atoms with van der Waals surface area (Å²) in [6.07, 6.45) is 3.11. The number of rotatable bonds is 6. The minimum absolute atomic E-state index is 0.441. The van der Waals surface area contributed by atoms with Crippen LogP contribution in [0.25, 0.3) is 0 Å². The van der Waals surface area contributed by atoms with E-state index in [0.717, 1.165) is 25.2 Å². The van der Waals surface area contributed by atoms with Crippen molar-refractivity contribution in [3.8, 4) is 0 Å². The molecule has 1 unspecified atom stereocenters. The molecule has 1 N–H and O–H groups in total. The van der Waals surface area contributed by atoms with Crippen LogP contribution in [0.5, 0.6) is 0 Å². The summed E-state index contributed by atoms with van der Waals surface area (Å²) in [4.78, 5) is 0. The predicted molar refractivity (Wildman–Crippen MR) is 61.6 cm³/mol. The van der Waals surface area contributed by atoms with Crippen LogP contribution < -0.4 is 5.32 Å². The zero-order chi connectivity index (χ0) is 11.3. The van der Waals surface area contributed by atoms with Crippen molar-refractivity contribution >= 4 is 0 Å². The van der Waals surface area contributed by atoms with E-state index in [4.69, 9.17) is 0 Å². The maximum Gasteiger partial charge on any atom is 0.0964 e. The molecule has 1 aromatic heterocycles.